The minimum Gasteiger partial charge on any atom is -0.550 e. The van der Waals surface area contributed by atoms with Gasteiger partial charge in [0.15, 0.2) is 0 Å². The van der Waals surface area contributed by atoms with Gasteiger partial charge >= 0.3 is 0 Å². The second-order valence-electron chi connectivity index (χ2n) is 2.11. The van der Waals surface area contributed by atoms with Gasteiger partial charge in [-0.2, -0.15) is 0 Å². The van der Waals surface area contributed by atoms with Gasteiger partial charge in [0.05, 0.1) is 0 Å². The zero-order chi connectivity index (χ0) is 11.3. The second-order valence-corrected chi connectivity index (χ2v) is 2.11. The van der Waals surface area contributed by atoms with Crippen LogP contribution in [0.15, 0.2) is 0 Å². The van der Waals surface area contributed by atoms with Gasteiger partial charge in [-0.3, -0.25) is 0 Å². The number of hydrogen-bond donors (Lipinski definition) is 1. The van der Waals surface area contributed by atoms with Crippen molar-refractivity contribution in [1.29, 1.82) is 0 Å². The number of carbonyl (C=O) groups is 1. The summed E-state index contributed by atoms with van der Waals surface area (Å²) >= 11 is 0. The maximum atomic E-state index is 8.89. The minimum atomic E-state index is -1.08. The van der Waals surface area contributed by atoms with Crippen molar-refractivity contribution < 1.29 is 15.0 Å². The monoisotopic (exact) mass is 192 g/mol. The molecule has 13 heavy (non-hydrogen) atoms. The molecular formula is C9H22NO3-. The largest absolute Gasteiger partial charge is 0.550 e. The first-order chi connectivity index (χ1) is 6.08. The number of carboxylic acids is 1. The van der Waals surface area contributed by atoms with Crippen LogP contribution in [0.25, 0.3) is 0 Å². The third kappa shape index (κ3) is 34.6. The summed E-state index contributed by atoms with van der Waals surface area (Å²) < 4.78 is 0. The number of aliphatic hydroxyl groups excluding tert-OH is 1. The summed E-state index contributed by atoms with van der Waals surface area (Å²) in [6.45, 7) is 11.1. The Morgan fingerprint density at radius 3 is 1.31 bits per heavy atom. The van der Waals surface area contributed by atoms with Crippen molar-refractivity contribution >= 4 is 5.97 Å². The fourth-order valence-electron chi connectivity index (χ4n) is 0.671. The highest BCUT2D eigenvalue weighted by Gasteiger charge is 1.89. The summed E-state index contributed by atoms with van der Waals surface area (Å²) in [7, 11) is 1.00. The summed E-state index contributed by atoms with van der Waals surface area (Å²) in [5.74, 6) is -1.08. The average molecular weight is 192 g/mol. The fraction of sp³-hybridized carbons (Fsp3) is 0.889. The van der Waals surface area contributed by atoms with Crippen molar-refractivity contribution in [3.63, 3.8) is 0 Å². The van der Waals surface area contributed by atoms with Crippen LogP contribution in [0.1, 0.15) is 27.7 Å². The Labute approximate surface area is 81.2 Å². The van der Waals surface area contributed by atoms with Crippen LogP contribution >= 0.6 is 0 Å². The Kier molecular flexibility index (Phi) is 24.5. The number of carbonyl (C=O) groups excluding carboxylic acids is 1. The summed E-state index contributed by atoms with van der Waals surface area (Å²) in [6.07, 6.45) is 0. The van der Waals surface area contributed by atoms with Crippen LogP contribution in [0, 0.1) is 0 Å². The minimum absolute atomic E-state index is 0.972. The smallest absolute Gasteiger partial charge is 0.0383 e. The first-order valence-corrected chi connectivity index (χ1v) is 4.43. The molecule has 0 saturated carbocycles. The van der Waals surface area contributed by atoms with Crippen LogP contribution in [-0.4, -0.2) is 42.7 Å². The normalized spacial score (nSPS) is 7.92. The van der Waals surface area contributed by atoms with Gasteiger partial charge in [0, 0.05) is 13.1 Å². The molecule has 0 amide bonds. The number of hydrogen-bond acceptors (Lipinski definition) is 4. The molecule has 4 heteroatoms. The molecule has 0 fully saturated rings. The van der Waals surface area contributed by atoms with Crippen LogP contribution in [0.3, 0.4) is 0 Å². The Hall–Kier alpha value is -0.610. The molecule has 0 atom stereocenters. The van der Waals surface area contributed by atoms with E-state index < -0.39 is 5.97 Å². The van der Waals surface area contributed by atoms with Crippen molar-refractivity contribution in [1.82, 2.24) is 4.90 Å². The molecule has 0 aliphatic rings. The van der Waals surface area contributed by atoms with Crippen molar-refractivity contribution in [2.45, 2.75) is 27.7 Å². The van der Waals surface area contributed by atoms with Crippen LogP contribution in [0.4, 0.5) is 0 Å². The van der Waals surface area contributed by atoms with Gasteiger partial charge in [0.1, 0.15) is 0 Å². The molecule has 0 radical (unpaired) electrons. The molecule has 4 nitrogen and oxygen atoms in total. The van der Waals surface area contributed by atoms with Gasteiger partial charge in [0.25, 0.3) is 0 Å². The highest BCUT2D eigenvalue weighted by Crippen LogP contribution is 1.81. The van der Waals surface area contributed by atoms with E-state index in [1.54, 1.807) is 0 Å². The van der Waals surface area contributed by atoms with E-state index in [0.717, 1.165) is 14.0 Å². The Morgan fingerprint density at radius 1 is 1.15 bits per heavy atom. The maximum Gasteiger partial charge on any atom is 0.0383 e. The quantitative estimate of drug-likeness (QED) is 0.667. The third-order valence-corrected chi connectivity index (χ3v) is 1.34. The molecule has 1 N–H and O–H groups in total. The Morgan fingerprint density at radius 2 is 1.31 bits per heavy atom. The molecule has 0 heterocycles. The first kappa shape index (κ1) is 18.2. The van der Waals surface area contributed by atoms with E-state index in [1.807, 2.05) is 0 Å². The molecular weight excluding hydrogens is 170 g/mol. The van der Waals surface area contributed by atoms with Crippen LogP contribution in [0.2, 0.25) is 0 Å². The molecule has 0 unspecified atom stereocenters. The fourth-order valence-corrected chi connectivity index (χ4v) is 0.671. The van der Waals surface area contributed by atoms with Gasteiger partial charge in [-0.05, 0) is 26.6 Å². The number of carboxylic acid groups (broad SMARTS) is 1. The molecule has 82 valence electrons. The van der Waals surface area contributed by atoms with Gasteiger partial charge < -0.3 is 19.9 Å². The molecule has 0 spiro atoms. The zero-order valence-electron chi connectivity index (χ0n) is 9.33. The van der Waals surface area contributed by atoms with Crippen molar-refractivity contribution in [2.24, 2.45) is 0 Å². The predicted octanol–water partition coefficient (Wildman–Crippen LogP) is -0.287. The third-order valence-electron chi connectivity index (χ3n) is 1.34. The van der Waals surface area contributed by atoms with Crippen molar-refractivity contribution in [2.75, 3.05) is 26.7 Å². The number of nitrogens with zero attached hydrogens (tertiary/aromatic N) is 1. The second kappa shape index (κ2) is 17.5. The molecule has 0 saturated heterocycles. The molecule has 0 bridgehead atoms. The van der Waals surface area contributed by atoms with E-state index in [4.69, 9.17) is 15.0 Å². The average Bonchev–Trinajstić information content (AvgIpc) is 2.10. The van der Waals surface area contributed by atoms with Gasteiger partial charge in [-0.1, -0.05) is 20.8 Å². The first-order valence-electron chi connectivity index (χ1n) is 4.43. The van der Waals surface area contributed by atoms with Crippen LogP contribution < -0.4 is 5.11 Å². The highest BCUT2D eigenvalue weighted by atomic mass is 16.4. The number of aliphatic hydroxyl groups is 1. The Balaban J connectivity index is -0.000000142. The van der Waals surface area contributed by atoms with E-state index in [1.165, 1.54) is 19.6 Å². The topological polar surface area (TPSA) is 63.6 Å². The lowest BCUT2D eigenvalue weighted by atomic mass is 10.5. The summed E-state index contributed by atoms with van der Waals surface area (Å²) in [4.78, 5) is 11.3. The molecule has 0 aliphatic carbocycles. The van der Waals surface area contributed by atoms with Crippen molar-refractivity contribution in [3.8, 4) is 0 Å². The van der Waals surface area contributed by atoms with Crippen LogP contribution in [-0.2, 0) is 4.79 Å². The lowest BCUT2D eigenvalue weighted by molar-refractivity contribution is -0.302. The molecule has 0 aromatic rings. The SMILES string of the molecule is CC(=O)[O-].CCN(CC)CC.CO. The van der Waals surface area contributed by atoms with E-state index >= 15 is 0 Å². The number of rotatable bonds is 3. The van der Waals surface area contributed by atoms with Gasteiger partial charge in [-0.25, -0.2) is 0 Å². The highest BCUT2D eigenvalue weighted by molar-refractivity contribution is 5.60. The molecule has 0 aromatic heterocycles. The van der Waals surface area contributed by atoms with E-state index in [9.17, 15) is 0 Å². The molecule has 0 aliphatic heterocycles. The zero-order valence-corrected chi connectivity index (χ0v) is 9.33. The summed E-state index contributed by atoms with van der Waals surface area (Å²) in [5.41, 5.74) is 0. The van der Waals surface area contributed by atoms with Crippen LogP contribution in [0.5, 0.6) is 0 Å². The van der Waals surface area contributed by atoms with E-state index in [0.29, 0.717) is 0 Å². The lowest BCUT2D eigenvalue weighted by Crippen LogP contribution is -2.21. The van der Waals surface area contributed by atoms with Gasteiger partial charge in [-0.15, -0.1) is 0 Å². The Bertz CT molecular complexity index is 83.4. The lowest BCUT2D eigenvalue weighted by Gasteiger charge is -2.13. The maximum absolute atomic E-state index is 8.89. The van der Waals surface area contributed by atoms with Gasteiger partial charge in [0.2, 0.25) is 0 Å². The van der Waals surface area contributed by atoms with E-state index in [2.05, 4.69) is 25.7 Å². The number of aliphatic carboxylic acids is 1. The van der Waals surface area contributed by atoms with Crippen molar-refractivity contribution in [3.05, 3.63) is 0 Å². The predicted molar refractivity (Wildman–Crippen MR) is 52.3 cm³/mol. The standard InChI is InChI=1S/C6H15N.C2H4O2.CH4O/c1-4-7(5-2)6-3;1-2(3)4;1-2/h4-6H2,1-3H3;1H3,(H,3,4);2H,1H3/p-1. The summed E-state index contributed by atoms with van der Waals surface area (Å²) in [6, 6.07) is 0. The van der Waals surface area contributed by atoms with E-state index in [-0.39, 0.29) is 0 Å². The molecule has 0 rings (SSSR count). The molecule has 0 aromatic carbocycles. The summed E-state index contributed by atoms with van der Waals surface area (Å²) in [5, 5.41) is 15.9.